The van der Waals surface area contributed by atoms with Gasteiger partial charge in [0.25, 0.3) is 0 Å². The molecule has 0 saturated carbocycles. The van der Waals surface area contributed by atoms with Gasteiger partial charge in [0.15, 0.2) is 5.75 Å². The summed E-state index contributed by atoms with van der Waals surface area (Å²) < 4.78 is 4.84. The van der Waals surface area contributed by atoms with E-state index in [1.54, 1.807) is 0 Å². The normalized spacial score (nSPS) is 11.9. The summed E-state index contributed by atoms with van der Waals surface area (Å²) >= 11 is 0. The molecule has 0 bridgehead atoms. The molecule has 0 aromatic heterocycles. The van der Waals surface area contributed by atoms with Gasteiger partial charge < -0.3 is 9.84 Å². The lowest BCUT2D eigenvalue weighted by molar-refractivity contribution is -0.385. The summed E-state index contributed by atoms with van der Waals surface area (Å²) in [6, 6.07) is 4.03. The lowest BCUT2D eigenvalue weighted by Gasteiger charge is -2.08. The van der Waals surface area contributed by atoms with E-state index in [2.05, 4.69) is 0 Å². The Morgan fingerprint density at radius 2 is 2.19 bits per heavy atom. The van der Waals surface area contributed by atoms with E-state index in [4.69, 9.17) is 9.84 Å². The second-order valence-electron chi connectivity index (χ2n) is 3.25. The van der Waals surface area contributed by atoms with Crippen molar-refractivity contribution in [3.63, 3.8) is 0 Å². The zero-order valence-corrected chi connectivity index (χ0v) is 8.84. The average Bonchev–Trinajstić information content (AvgIpc) is 2.26. The van der Waals surface area contributed by atoms with Gasteiger partial charge in [-0.25, -0.2) is 0 Å². The predicted octanol–water partition coefficient (Wildman–Crippen LogP) is 1.79. The summed E-state index contributed by atoms with van der Waals surface area (Å²) in [6.45, 7) is 1.50. The van der Waals surface area contributed by atoms with E-state index in [0.29, 0.717) is 5.56 Å². The lowest BCUT2D eigenvalue weighted by atomic mass is 10.0. The zero-order chi connectivity index (χ0) is 12.3. The molecule has 1 atom stereocenters. The van der Waals surface area contributed by atoms with Gasteiger partial charge in [0.2, 0.25) is 0 Å². The van der Waals surface area contributed by atoms with Gasteiger partial charge >= 0.3 is 11.7 Å². The van der Waals surface area contributed by atoms with Crippen LogP contribution in [0.4, 0.5) is 5.69 Å². The number of carboxylic acids is 1. The van der Waals surface area contributed by atoms with Gasteiger partial charge in [0.1, 0.15) is 0 Å². The number of benzene rings is 1. The first kappa shape index (κ1) is 12.0. The van der Waals surface area contributed by atoms with Crippen molar-refractivity contribution in [1.29, 1.82) is 0 Å². The predicted molar refractivity (Wildman–Crippen MR) is 55.7 cm³/mol. The standard InChI is InChI=1S/C10H11NO5/c1-6(10(12)13)7-3-4-8(11(14)15)9(5-7)16-2/h3-6H,1-2H3,(H,12,13). The van der Waals surface area contributed by atoms with E-state index in [9.17, 15) is 14.9 Å². The highest BCUT2D eigenvalue weighted by atomic mass is 16.6. The molecule has 0 heterocycles. The fourth-order valence-electron chi connectivity index (χ4n) is 1.26. The van der Waals surface area contributed by atoms with Gasteiger partial charge in [0.05, 0.1) is 18.0 Å². The second kappa shape index (κ2) is 4.61. The SMILES string of the molecule is COc1cc(C(C)C(=O)O)ccc1[N+](=O)[O-]. The number of aliphatic carboxylic acids is 1. The molecule has 6 heteroatoms. The van der Waals surface area contributed by atoms with Crippen LogP contribution in [-0.4, -0.2) is 23.1 Å². The zero-order valence-electron chi connectivity index (χ0n) is 8.84. The van der Waals surface area contributed by atoms with Crippen molar-refractivity contribution in [2.45, 2.75) is 12.8 Å². The molecule has 0 aliphatic rings. The lowest BCUT2D eigenvalue weighted by Crippen LogP contribution is -2.07. The molecule has 0 amide bonds. The summed E-state index contributed by atoms with van der Waals surface area (Å²) in [5.74, 6) is -1.65. The van der Waals surface area contributed by atoms with Crippen molar-refractivity contribution in [3.05, 3.63) is 33.9 Å². The Labute approximate surface area is 91.6 Å². The molecule has 1 rings (SSSR count). The summed E-state index contributed by atoms with van der Waals surface area (Å²) in [5.41, 5.74) is 0.291. The van der Waals surface area contributed by atoms with Crippen molar-refractivity contribution < 1.29 is 19.6 Å². The average molecular weight is 225 g/mol. The molecule has 0 saturated heterocycles. The molecule has 0 fully saturated rings. The smallest absolute Gasteiger partial charge is 0.310 e. The van der Waals surface area contributed by atoms with Gasteiger partial charge in [-0.1, -0.05) is 6.07 Å². The van der Waals surface area contributed by atoms with Crippen LogP contribution >= 0.6 is 0 Å². The van der Waals surface area contributed by atoms with Crippen LogP contribution in [0.3, 0.4) is 0 Å². The molecule has 86 valence electrons. The first-order chi connectivity index (χ1) is 7.47. The monoisotopic (exact) mass is 225 g/mol. The van der Waals surface area contributed by atoms with Crippen LogP contribution in [0.5, 0.6) is 5.75 Å². The minimum Gasteiger partial charge on any atom is -0.490 e. The molecule has 0 aliphatic heterocycles. The first-order valence-corrected chi connectivity index (χ1v) is 4.52. The molecule has 0 aliphatic carbocycles. The van der Waals surface area contributed by atoms with E-state index >= 15 is 0 Å². The fourth-order valence-corrected chi connectivity index (χ4v) is 1.26. The topological polar surface area (TPSA) is 89.7 Å². The molecule has 1 aromatic carbocycles. The van der Waals surface area contributed by atoms with Crippen LogP contribution in [0.25, 0.3) is 0 Å². The Bertz CT molecular complexity index is 429. The molecule has 1 N–H and O–H groups in total. The molecular weight excluding hydrogens is 214 g/mol. The summed E-state index contributed by atoms with van der Waals surface area (Å²) in [6.07, 6.45) is 0. The molecular formula is C10H11NO5. The van der Waals surface area contributed by atoms with Crippen LogP contribution in [0, 0.1) is 10.1 Å². The first-order valence-electron chi connectivity index (χ1n) is 4.52. The van der Waals surface area contributed by atoms with E-state index in [1.165, 1.54) is 32.2 Å². The molecule has 6 nitrogen and oxygen atoms in total. The third kappa shape index (κ3) is 2.28. The number of hydrogen-bond acceptors (Lipinski definition) is 4. The maximum absolute atomic E-state index is 10.7. The number of carbonyl (C=O) groups is 1. The van der Waals surface area contributed by atoms with Crippen LogP contribution in [-0.2, 0) is 4.79 Å². The minimum absolute atomic E-state index is 0.0654. The van der Waals surface area contributed by atoms with Crippen molar-refractivity contribution in [3.8, 4) is 5.75 Å². The highest BCUT2D eigenvalue weighted by molar-refractivity contribution is 5.76. The number of nitrogens with zero attached hydrogens (tertiary/aromatic N) is 1. The Kier molecular flexibility index (Phi) is 3.44. The highest BCUT2D eigenvalue weighted by Gasteiger charge is 2.19. The van der Waals surface area contributed by atoms with Crippen molar-refractivity contribution in [2.24, 2.45) is 0 Å². The van der Waals surface area contributed by atoms with Gasteiger partial charge in [0, 0.05) is 6.07 Å². The fraction of sp³-hybridized carbons (Fsp3) is 0.300. The third-order valence-electron chi connectivity index (χ3n) is 2.27. The summed E-state index contributed by atoms with van der Waals surface area (Å²) in [5, 5.41) is 19.4. The van der Waals surface area contributed by atoms with E-state index in [-0.39, 0.29) is 11.4 Å². The van der Waals surface area contributed by atoms with E-state index in [0.717, 1.165) is 0 Å². The third-order valence-corrected chi connectivity index (χ3v) is 2.27. The van der Waals surface area contributed by atoms with Crippen molar-refractivity contribution in [1.82, 2.24) is 0 Å². The number of methoxy groups -OCH3 is 1. The highest BCUT2D eigenvalue weighted by Crippen LogP contribution is 2.30. The number of nitro groups is 1. The molecule has 16 heavy (non-hydrogen) atoms. The van der Waals surface area contributed by atoms with Gasteiger partial charge in [-0.05, 0) is 18.6 Å². The number of ether oxygens (including phenoxy) is 1. The van der Waals surface area contributed by atoms with Crippen molar-refractivity contribution in [2.75, 3.05) is 7.11 Å². The quantitative estimate of drug-likeness (QED) is 0.623. The van der Waals surface area contributed by atoms with Crippen molar-refractivity contribution >= 4 is 11.7 Å². The number of rotatable bonds is 4. The molecule has 1 aromatic rings. The second-order valence-corrected chi connectivity index (χ2v) is 3.25. The Hall–Kier alpha value is -2.11. The molecule has 0 radical (unpaired) electrons. The maximum atomic E-state index is 10.7. The van der Waals surface area contributed by atoms with Crippen LogP contribution in [0.2, 0.25) is 0 Å². The summed E-state index contributed by atoms with van der Waals surface area (Å²) in [4.78, 5) is 20.8. The van der Waals surface area contributed by atoms with Gasteiger partial charge in [-0.3, -0.25) is 14.9 Å². The van der Waals surface area contributed by atoms with Crippen LogP contribution in [0.1, 0.15) is 18.4 Å². The Morgan fingerprint density at radius 1 is 1.56 bits per heavy atom. The van der Waals surface area contributed by atoms with Crippen LogP contribution < -0.4 is 4.74 Å². The van der Waals surface area contributed by atoms with E-state index in [1.807, 2.05) is 0 Å². The maximum Gasteiger partial charge on any atom is 0.310 e. The van der Waals surface area contributed by atoms with Crippen LogP contribution in [0.15, 0.2) is 18.2 Å². The Balaban J connectivity index is 3.18. The summed E-state index contributed by atoms with van der Waals surface area (Å²) in [7, 11) is 1.30. The van der Waals surface area contributed by atoms with Gasteiger partial charge in [-0.2, -0.15) is 0 Å². The number of hydrogen-bond donors (Lipinski definition) is 1. The minimum atomic E-state index is -0.990. The van der Waals surface area contributed by atoms with E-state index < -0.39 is 16.8 Å². The van der Waals surface area contributed by atoms with Gasteiger partial charge in [-0.15, -0.1) is 0 Å². The Morgan fingerprint density at radius 3 is 2.62 bits per heavy atom. The number of carboxylic acid groups (broad SMARTS) is 1. The largest absolute Gasteiger partial charge is 0.490 e. The molecule has 0 spiro atoms. The number of nitro benzene ring substituents is 1. The molecule has 1 unspecified atom stereocenters.